The van der Waals surface area contributed by atoms with E-state index in [-0.39, 0.29) is 16.9 Å². The highest BCUT2D eigenvalue weighted by molar-refractivity contribution is 5.16. The molecule has 4 aliphatic carbocycles. The van der Waals surface area contributed by atoms with Crippen LogP contribution in [0.3, 0.4) is 0 Å². The fraction of sp³-hybridized carbons (Fsp3) is 1.00. The van der Waals surface area contributed by atoms with Crippen LogP contribution in [-0.2, 0) is 9.47 Å². The largest absolute Gasteiger partial charge is 0.390 e. The lowest BCUT2D eigenvalue weighted by Gasteiger charge is -2.63. The first-order chi connectivity index (χ1) is 15.1. The maximum atomic E-state index is 12.1. The number of aliphatic hydroxyl groups excluding tert-OH is 2. The van der Waals surface area contributed by atoms with Gasteiger partial charge in [0.1, 0.15) is 6.10 Å². The molecular weight excluding hydrogens is 406 g/mol. The van der Waals surface area contributed by atoms with Crippen LogP contribution in [0, 0.1) is 34.5 Å². The Balaban J connectivity index is 1.27. The van der Waals surface area contributed by atoms with Crippen molar-refractivity contribution in [2.24, 2.45) is 40.2 Å². The second kappa shape index (κ2) is 8.17. The third kappa shape index (κ3) is 3.35. The van der Waals surface area contributed by atoms with Gasteiger partial charge in [-0.15, -0.1) is 0 Å². The Morgan fingerprint density at radius 3 is 2.47 bits per heavy atom. The second-order valence-electron chi connectivity index (χ2n) is 12.4. The van der Waals surface area contributed by atoms with Gasteiger partial charge >= 0.3 is 0 Å². The minimum Gasteiger partial charge on any atom is -0.390 e. The van der Waals surface area contributed by atoms with Gasteiger partial charge in [-0.2, -0.15) is 0 Å². The number of fused-ring (bicyclic) bond motifs is 5. The summed E-state index contributed by atoms with van der Waals surface area (Å²) >= 11 is 0. The molecule has 32 heavy (non-hydrogen) atoms. The quantitative estimate of drug-likeness (QED) is 0.492. The Morgan fingerprint density at radius 1 is 0.969 bits per heavy atom. The Bertz CT molecular complexity index is 694. The molecule has 0 radical (unpaired) electrons. The summed E-state index contributed by atoms with van der Waals surface area (Å²) in [5.41, 5.74) is 5.83. The maximum Gasteiger partial charge on any atom is 0.161 e. The molecule has 6 heteroatoms. The monoisotopic (exact) mass is 451 g/mol. The van der Waals surface area contributed by atoms with Crippen molar-refractivity contribution in [1.29, 1.82) is 0 Å². The van der Waals surface area contributed by atoms with E-state index in [4.69, 9.17) is 15.2 Å². The van der Waals surface area contributed by atoms with E-state index < -0.39 is 30.2 Å². The summed E-state index contributed by atoms with van der Waals surface area (Å²) in [7, 11) is 0. The predicted octanol–water partition coefficient (Wildman–Crippen LogP) is 2.96. The standard InChI is InChI=1S/C26H45NO5/c1-15-23(29)21(28)13-22(31-15)32-18-7-9-24(2)16(12-18)4-5-20-19(24)8-10-25(3)17(14-27)6-11-26(20,25)30/h15-23,28-30H,4-14,27H2,1-3H3/t15-,16-,17-,18+,19+,20-,21-,22+,23-,24+,25-,26+/m1/s1. The van der Waals surface area contributed by atoms with Crippen LogP contribution in [0.4, 0.5) is 0 Å². The Labute approximate surface area is 193 Å². The molecule has 1 heterocycles. The lowest BCUT2D eigenvalue weighted by atomic mass is 9.43. The molecule has 0 amide bonds. The normalized spacial score (nSPS) is 58.0. The smallest absolute Gasteiger partial charge is 0.161 e. The molecule has 0 aromatic heterocycles. The molecule has 12 atom stereocenters. The van der Waals surface area contributed by atoms with Crippen molar-refractivity contribution in [3.8, 4) is 0 Å². The van der Waals surface area contributed by atoms with E-state index >= 15 is 0 Å². The first-order valence-electron chi connectivity index (χ1n) is 13.2. The summed E-state index contributed by atoms with van der Waals surface area (Å²) < 4.78 is 12.2. The molecule has 0 spiro atoms. The molecule has 1 saturated heterocycles. The van der Waals surface area contributed by atoms with E-state index in [0.29, 0.717) is 36.6 Å². The van der Waals surface area contributed by atoms with Crippen LogP contribution in [0.1, 0.15) is 85.0 Å². The molecule has 5 fully saturated rings. The van der Waals surface area contributed by atoms with Gasteiger partial charge in [-0.05, 0) is 100 Å². The number of hydrogen-bond donors (Lipinski definition) is 4. The molecule has 0 bridgehead atoms. The molecule has 5 rings (SSSR count). The van der Waals surface area contributed by atoms with Gasteiger partial charge in [-0.1, -0.05) is 13.8 Å². The molecule has 5 N–H and O–H groups in total. The SMILES string of the molecule is C[C@H]1O[C@@H](O[C@H]2CC[C@@]3(C)[C@H](CC[C@@H]4[C@@H]3CC[C@]3(C)[C@@H](CN)CC[C@]43O)C2)C[C@@H](O)[C@@H]1O. The fourth-order valence-electron chi connectivity index (χ4n) is 9.13. The molecule has 4 saturated carbocycles. The minimum atomic E-state index is -0.836. The van der Waals surface area contributed by atoms with E-state index in [1.165, 1.54) is 6.42 Å². The van der Waals surface area contributed by atoms with Crippen LogP contribution in [0.5, 0.6) is 0 Å². The summed E-state index contributed by atoms with van der Waals surface area (Å²) in [4.78, 5) is 0. The molecule has 184 valence electrons. The highest BCUT2D eigenvalue weighted by Crippen LogP contribution is 2.68. The highest BCUT2D eigenvalue weighted by atomic mass is 16.7. The van der Waals surface area contributed by atoms with E-state index in [1.807, 2.05) is 0 Å². The summed E-state index contributed by atoms with van der Waals surface area (Å²) in [5, 5.41) is 32.1. The van der Waals surface area contributed by atoms with Gasteiger partial charge in [0, 0.05) is 11.8 Å². The minimum absolute atomic E-state index is 0.0210. The first-order valence-corrected chi connectivity index (χ1v) is 13.2. The van der Waals surface area contributed by atoms with Gasteiger partial charge in [-0.25, -0.2) is 0 Å². The van der Waals surface area contributed by atoms with Crippen molar-refractivity contribution >= 4 is 0 Å². The zero-order valence-electron chi connectivity index (χ0n) is 20.2. The van der Waals surface area contributed by atoms with Crippen molar-refractivity contribution in [3.63, 3.8) is 0 Å². The van der Waals surface area contributed by atoms with Gasteiger partial charge < -0.3 is 30.5 Å². The highest BCUT2D eigenvalue weighted by Gasteiger charge is 2.66. The van der Waals surface area contributed by atoms with E-state index in [0.717, 1.165) is 51.4 Å². The Kier molecular flexibility index (Phi) is 6.00. The van der Waals surface area contributed by atoms with E-state index in [9.17, 15) is 15.3 Å². The summed E-state index contributed by atoms with van der Waals surface area (Å²) in [5.74, 6) is 2.05. The van der Waals surface area contributed by atoms with Crippen LogP contribution in [-0.4, -0.2) is 58.2 Å². The van der Waals surface area contributed by atoms with Crippen molar-refractivity contribution in [2.75, 3.05) is 6.54 Å². The number of nitrogens with two attached hydrogens (primary N) is 1. The molecular formula is C26H45NO5. The zero-order chi connectivity index (χ0) is 22.9. The average Bonchev–Trinajstić information content (AvgIpc) is 3.03. The lowest BCUT2D eigenvalue weighted by Crippen LogP contribution is -2.62. The Hall–Kier alpha value is -0.240. The van der Waals surface area contributed by atoms with Crippen LogP contribution in [0.15, 0.2) is 0 Å². The fourth-order valence-corrected chi connectivity index (χ4v) is 9.13. The predicted molar refractivity (Wildman–Crippen MR) is 122 cm³/mol. The average molecular weight is 452 g/mol. The molecule has 0 aromatic rings. The zero-order valence-corrected chi connectivity index (χ0v) is 20.2. The first kappa shape index (κ1) is 23.5. The second-order valence-corrected chi connectivity index (χ2v) is 12.4. The third-order valence-electron chi connectivity index (χ3n) is 11.3. The number of hydrogen-bond acceptors (Lipinski definition) is 6. The van der Waals surface area contributed by atoms with Gasteiger partial charge in [-0.3, -0.25) is 0 Å². The molecule has 6 nitrogen and oxygen atoms in total. The van der Waals surface area contributed by atoms with Crippen molar-refractivity contribution in [1.82, 2.24) is 0 Å². The van der Waals surface area contributed by atoms with Crippen molar-refractivity contribution < 1.29 is 24.8 Å². The van der Waals surface area contributed by atoms with Crippen LogP contribution in [0.25, 0.3) is 0 Å². The van der Waals surface area contributed by atoms with Gasteiger partial charge in [0.05, 0.1) is 23.9 Å². The summed E-state index contributed by atoms with van der Waals surface area (Å²) in [6, 6.07) is 0. The topological polar surface area (TPSA) is 105 Å². The van der Waals surface area contributed by atoms with E-state index in [1.54, 1.807) is 6.92 Å². The molecule has 1 aliphatic heterocycles. The molecule has 0 unspecified atom stereocenters. The van der Waals surface area contributed by atoms with Gasteiger partial charge in [0.2, 0.25) is 0 Å². The van der Waals surface area contributed by atoms with Gasteiger partial charge in [0.25, 0.3) is 0 Å². The van der Waals surface area contributed by atoms with Crippen LogP contribution in [0.2, 0.25) is 0 Å². The van der Waals surface area contributed by atoms with Crippen molar-refractivity contribution in [2.45, 2.75) is 121 Å². The van der Waals surface area contributed by atoms with E-state index in [2.05, 4.69) is 13.8 Å². The number of ether oxygens (including phenoxy) is 2. The number of rotatable bonds is 3. The van der Waals surface area contributed by atoms with Crippen LogP contribution < -0.4 is 5.73 Å². The molecule has 0 aromatic carbocycles. The van der Waals surface area contributed by atoms with Gasteiger partial charge in [0.15, 0.2) is 6.29 Å². The molecule has 5 aliphatic rings. The number of aliphatic hydroxyl groups is 3. The lowest BCUT2D eigenvalue weighted by molar-refractivity contribution is -0.270. The third-order valence-corrected chi connectivity index (χ3v) is 11.3. The summed E-state index contributed by atoms with van der Waals surface area (Å²) in [6.45, 7) is 7.31. The van der Waals surface area contributed by atoms with Crippen molar-refractivity contribution in [3.05, 3.63) is 0 Å². The Morgan fingerprint density at radius 2 is 1.75 bits per heavy atom. The maximum absolute atomic E-state index is 12.1. The summed E-state index contributed by atoms with van der Waals surface area (Å²) in [6.07, 6.45) is 7.77. The van der Waals surface area contributed by atoms with Crippen LogP contribution >= 0.6 is 0 Å².